The van der Waals surface area contributed by atoms with Gasteiger partial charge in [-0.2, -0.15) is 0 Å². The predicted molar refractivity (Wildman–Crippen MR) is 66.6 cm³/mol. The lowest BCUT2D eigenvalue weighted by molar-refractivity contribution is 0.111. The standard InChI is InChI=1S/C12H11BrN2O/c1-7-3-4-9(8(2)5-7)11-12(13)15-10(6-16)14-11/h3-6H,1-2H3,(H,14,15). The highest BCUT2D eigenvalue weighted by Gasteiger charge is 2.11. The molecule has 1 aromatic carbocycles. The van der Waals surface area contributed by atoms with Crippen molar-refractivity contribution in [2.24, 2.45) is 0 Å². The summed E-state index contributed by atoms with van der Waals surface area (Å²) in [5.74, 6) is 0.335. The Morgan fingerprint density at radius 2 is 2.12 bits per heavy atom. The molecule has 0 aliphatic heterocycles. The summed E-state index contributed by atoms with van der Waals surface area (Å²) >= 11 is 3.37. The Hall–Kier alpha value is -1.42. The molecular formula is C12H11BrN2O. The van der Waals surface area contributed by atoms with Gasteiger partial charge in [0.2, 0.25) is 0 Å². The predicted octanol–water partition coefficient (Wildman–Crippen LogP) is 3.27. The number of aromatic nitrogens is 2. The van der Waals surface area contributed by atoms with Crippen LogP contribution in [0.3, 0.4) is 0 Å². The Kier molecular flexibility index (Phi) is 2.92. The van der Waals surface area contributed by atoms with E-state index in [9.17, 15) is 4.79 Å². The highest BCUT2D eigenvalue weighted by molar-refractivity contribution is 9.10. The third-order valence-electron chi connectivity index (χ3n) is 2.43. The van der Waals surface area contributed by atoms with E-state index in [-0.39, 0.29) is 0 Å². The van der Waals surface area contributed by atoms with Crippen molar-refractivity contribution in [3.8, 4) is 11.3 Å². The van der Waals surface area contributed by atoms with Crippen LogP contribution in [0.1, 0.15) is 21.7 Å². The summed E-state index contributed by atoms with van der Waals surface area (Å²) in [5, 5.41) is 0. The highest BCUT2D eigenvalue weighted by Crippen LogP contribution is 2.28. The van der Waals surface area contributed by atoms with Crippen molar-refractivity contribution < 1.29 is 4.79 Å². The molecule has 0 atom stereocenters. The number of carbonyl (C=O) groups is 1. The number of imidazole rings is 1. The van der Waals surface area contributed by atoms with E-state index in [0.717, 1.165) is 21.4 Å². The molecule has 0 bridgehead atoms. The molecule has 2 rings (SSSR count). The number of aryl methyl sites for hydroxylation is 2. The molecule has 0 radical (unpaired) electrons. The lowest BCUT2D eigenvalue weighted by atomic mass is 10.0. The number of carbonyl (C=O) groups excluding carboxylic acids is 1. The van der Waals surface area contributed by atoms with E-state index in [1.54, 1.807) is 0 Å². The number of nitrogens with one attached hydrogen (secondary N) is 1. The fourth-order valence-electron chi connectivity index (χ4n) is 1.68. The summed E-state index contributed by atoms with van der Waals surface area (Å²) in [5.41, 5.74) is 4.16. The number of rotatable bonds is 2. The molecule has 0 fully saturated rings. The SMILES string of the molecule is Cc1ccc(-c2nc(C=O)[nH]c2Br)c(C)c1. The van der Waals surface area contributed by atoms with Crippen LogP contribution in [-0.2, 0) is 0 Å². The molecule has 0 aliphatic carbocycles. The second-order valence-corrected chi connectivity index (χ2v) is 4.51. The van der Waals surface area contributed by atoms with Crippen LogP contribution in [-0.4, -0.2) is 16.3 Å². The van der Waals surface area contributed by atoms with E-state index >= 15 is 0 Å². The number of aldehydes is 1. The van der Waals surface area contributed by atoms with Gasteiger partial charge in [-0.15, -0.1) is 0 Å². The zero-order chi connectivity index (χ0) is 11.7. The van der Waals surface area contributed by atoms with Crippen molar-refractivity contribution in [2.75, 3.05) is 0 Å². The molecule has 0 saturated carbocycles. The minimum Gasteiger partial charge on any atom is -0.330 e. The molecule has 1 aromatic heterocycles. The Bertz CT molecular complexity index is 546. The average molecular weight is 279 g/mol. The third-order valence-corrected chi connectivity index (χ3v) is 3.00. The topological polar surface area (TPSA) is 45.8 Å². The largest absolute Gasteiger partial charge is 0.330 e. The first kappa shape index (κ1) is 11.1. The van der Waals surface area contributed by atoms with E-state index in [0.29, 0.717) is 12.1 Å². The van der Waals surface area contributed by atoms with Crippen LogP contribution in [0, 0.1) is 13.8 Å². The summed E-state index contributed by atoms with van der Waals surface area (Å²) in [6.45, 7) is 4.08. The summed E-state index contributed by atoms with van der Waals surface area (Å²) in [6.07, 6.45) is 0.706. The molecule has 1 N–H and O–H groups in total. The number of hydrogen-bond donors (Lipinski definition) is 1. The summed E-state index contributed by atoms with van der Waals surface area (Å²) < 4.78 is 0.738. The Balaban J connectivity index is 2.57. The third kappa shape index (κ3) is 1.93. The number of aromatic amines is 1. The number of nitrogens with zero attached hydrogens (tertiary/aromatic N) is 1. The van der Waals surface area contributed by atoms with Crippen LogP contribution in [0.4, 0.5) is 0 Å². The zero-order valence-corrected chi connectivity index (χ0v) is 10.6. The van der Waals surface area contributed by atoms with E-state index in [1.807, 2.05) is 26.0 Å². The number of benzene rings is 1. The molecule has 0 aliphatic rings. The second-order valence-electron chi connectivity index (χ2n) is 3.72. The quantitative estimate of drug-likeness (QED) is 0.857. The van der Waals surface area contributed by atoms with Crippen molar-refractivity contribution >= 4 is 22.2 Å². The van der Waals surface area contributed by atoms with Crippen molar-refractivity contribution in [3.63, 3.8) is 0 Å². The van der Waals surface area contributed by atoms with Crippen LogP contribution < -0.4 is 0 Å². The second kappa shape index (κ2) is 4.22. The fourth-order valence-corrected chi connectivity index (χ4v) is 2.19. The van der Waals surface area contributed by atoms with Crippen LogP contribution in [0.15, 0.2) is 22.8 Å². The molecule has 0 unspecified atom stereocenters. The Labute approximate surface area is 102 Å². The zero-order valence-electron chi connectivity index (χ0n) is 9.04. The summed E-state index contributed by atoms with van der Waals surface area (Å²) in [6, 6.07) is 6.14. The van der Waals surface area contributed by atoms with Crippen molar-refractivity contribution in [1.82, 2.24) is 9.97 Å². The van der Waals surface area contributed by atoms with E-state index < -0.39 is 0 Å². The highest BCUT2D eigenvalue weighted by atomic mass is 79.9. The van der Waals surface area contributed by atoms with Gasteiger partial charge in [0.15, 0.2) is 12.1 Å². The minimum absolute atomic E-state index is 0.335. The van der Waals surface area contributed by atoms with Crippen LogP contribution in [0.2, 0.25) is 0 Å². The lowest BCUT2D eigenvalue weighted by Crippen LogP contribution is -1.86. The average Bonchev–Trinajstić information content (AvgIpc) is 2.60. The molecule has 4 heteroatoms. The first-order valence-corrected chi connectivity index (χ1v) is 5.69. The van der Waals surface area contributed by atoms with Gasteiger partial charge in [-0.1, -0.05) is 23.8 Å². The number of hydrogen-bond acceptors (Lipinski definition) is 2. The summed E-state index contributed by atoms with van der Waals surface area (Å²) in [4.78, 5) is 17.7. The van der Waals surface area contributed by atoms with Crippen molar-refractivity contribution in [1.29, 1.82) is 0 Å². The molecule has 1 heterocycles. The van der Waals surface area contributed by atoms with E-state index in [1.165, 1.54) is 5.56 Å². The van der Waals surface area contributed by atoms with E-state index in [2.05, 4.69) is 32.0 Å². The van der Waals surface area contributed by atoms with Gasteiger partial charge in [0.1, 0.15) is 10.3 Å². The maximum Gasteiger partial charge on any atom is 0.185 e. The first-order chi connectivity index (χ1) is 7.61. The van der Waals surface area contributed by atoms with Gasteiger partial charge in [-0.25, -0.2) is 4.98 Å². The van der Waals surface area contributed by atoms with Gasteiger partial charge in [0.05, 0.1) is 0 Å². The summed E-state index contributed by atoms with van der Waals surface area (Å²) in [7, 11) is 0. The van der Waals surface area contributed by atoms with Crippen molar-refractivity contribution in [2.45, 2.75) is 13.8 Å². The number of H-pyrrole nitrogens is 1. The van der Waals surface area contributed by atoms with Gasteiger partial charge < -0.3 is 4.98 Å². The van der Waals surface area contributed by atoms with Crippen LogP contribution in [0.25, 0.3) is 11.3 Å². The maximum atomic E-state index is 10.6. The molecule has 82 valence electrons. The number of halogens is 1. The minimum atomic E-state index is 0.335. The molecule has 0 saturated heterocycles. The molecule has 2 aromatic rings. The molecule has 16 heavy (non-hydrogen) atoms. The van der Waals surface area contributed by atoms with Gasteiger partial charge >= 0.3 is 0 Å². The van der Waals surface area contributed by atoms with Gasteiger partial charge in [-0.3, -0.25) is 4.79 Å². The monoisotopic (exact) mass is 278 g/mol. The first-order valence-electron chi connectivity index (χ1n) is 4.90. The van der Waals surface area contributed by atoms with Gasteiger partial charge in [-0.05, 0) is 35.3 Å². The normalized spacial score (nSPS) is 10.4. The fraction of sp³-hybridized carbons (Fsp3) is 0.167. The Morgan fingerprint density at radius 1 is 1.38 bits per heavy atom. The lowest BCUT2D eigenvalue weighted by Gasteiger charge is -2.04. The Morgan fingerprint density at radius 3 is 2.69 bits per heavy atom. The van der Waals surface area contributed by atoms with E-state index in [4.69, 9.17) is 0 Å². The van der Waals surface area contributed by atoms with Gasteiger partial charge in [0.25, 0.3) is 0 Å². The van der Waals surface area contributed by atoms with Crippen LogP contribution >= 0.6 is 15.9 Å². The maximum absolute atomic E-state index is 10.6. The molecule has 0 spiro atoms. The molecule has 3 nitrogen and oxygen atoms in total. The van der Waals surface area contributed by atoms with Gasteiger partial charge in [0, 0.05) is 5.56 Å². The molecular weight excluding hydrogens is 268 g/mol. The molecule has 0 amide bonds. The van der Waals surface area contributed by atoms with Crippen LogP contribution in [0.5, 0.6) is 0 Å². The van der Waals surface area contributed by atoms with Crippen molar-refractivity contribution in [3.05, 3.63) is 39.8 Å². The smallest absolute Gasteiger partial charge is 0.185 e.